The number of thiol groups is 1. The first-order chi connectivity index (χ1) is 3.66. The minimum atomic E-state index is -0.626. The van der Waals surface area contributed by atoms with Crippen LogP contribution in [0.1, 0.15) is 6.92 Å². The van der Waals surface area contributed by atoms with Gasteiger partial charge in [0, 0.05) is 7.11 Å². The fourth-order valence-electron chi connectivity index (χ4n) is 0.190. The lowest BCUT2D eigenvalue weighted by Crippen LogP contribution is -2.11. The van der Waals surface area contributed by atoms with Crippen molar-refractivity contribution < 1.29 is 14.3 Å². The Balaban J connectivity index is 3.24. The van der Waals surface area contributed by atoms with Gasteiger partial charge in [0.25, 0.3) is 0 Å². The second-order valence-corrected chi connectivity index (χ2v) is 1.55. The number of carbonyl (C=O) groups excluding carboxylic acids is 1. The molecule has 0 radical (unpaired) electrons. The monoisotopic (exact) mass is 136 g/mol. The van der Waals surface area contributed by atoms with Crippen molar-refractivity contribution in [3.63, 3.8) is 0 Å². The number of methoxy groups -OCH3 is 1. The topological polar surface area (TPSA) is 35.5 Å². The summed E-state index contributed by atoms with van der Waals surface area (Å²) in [4.78, 5) is 9.98. The van der Waals surface area contributed by atoms with Gasteiger partial charge in [-0.3, -0.25) is 0 Å². The van der Waals surface area contributed by atoms with E-state index in [1.165, 1.54) is 7.11 Å². The van der Waals surface area contributed by atoms with Gasteiger partial charge in [0.05, 0.1) is 0 Å². The van der Waals surface area contributed by atoms with Crippen LogP contribution in [0.5, 0.6) is 0 Å². The van der Waals surface area contributed by atoms with E-state index in [0.717, 1.165) is 0 Å². The fraction of sp³-hybridized carbons (Fsp3) is 0.750. The minimum absolute atomic E-state index is 0.500. The zero-order chi connectivity index (χ0) is 6.57. The van der Waals surface area contributed by atoms with Gasteiger partial charge in [0.2, 0.25) is 6.29 Å². The van der Waals surface area contributed by atoms with E-state index in [2.05, 4.69) is 22.1 Å². The third kappa shape index (κ3) is 3.95. The number of hydrogen-bond acceptors (Lipinski definition) is 3. The van der Waals surface area contributed by atoms with Gasteiger partial charge in [-0.25, -0.2) is 4.79 Å². The van der Waals surface area contributed by atoms with Crippen molar-refractivity contribution >= 4 is 17.9 Å². The average molecular weight is 136 g/mol. The lowest BCUT2D eigenvalue weighted by Gasteiger charge is -2.06. The molecule has 3 nitrogen and oxygen atoms in total. The molecule has 48 valence electrons. The van der Waals surface area contributed by atoms with Crippen LogP contribution in [0, 0.1) is 0 Å². The lowest BCUT2D eigenvalue weighted by molar-refractivity contribution is -0.0583. The maximum Gasteiger partial charge on any atom is 0.366 e. The van der Waals surface area contributed by atoms with Crippen molar-refractivity contribution in [2.75, 3.05) is 7.11 Å². The SMILES string of the molecule is COC(C)OC(=O)S. The molecule has 0 spiro atoms. The fourth-order valence-corrected chi connectivity index (χ4v) is 0.339. The van der Waals surface area contributed by atoms with Crippen LogP contribution >= 0.6 is 12.6 Å². The molecule has 0 aromatic carbocycles. The molecule has 4 heteroatoms. The first-order valence-electron chi connectivity index (χ1n) is 2.09. The van der Waals surface area contributed by atoms with Crippen LogP contribution in [0.4, 0.5) is 4.79 Å². The maximum atomic E-state index is 9.98. The van der Waals surface area contributed by atoms with Crippen LogP contribution in [-0.4, -0.2) is 18.7 Å². The molecule has 0 heterocycles. The largest absolute Gasteiger partial charge is 0.428 e. The number of rotatable bonds is 2. The zero-order valence-corrected chi connectivity index (χ0v) is 5.64. The molecular weight excluding hydrogens is 128 g/mol. The molecule has 0 saturated heterocycles. The number of carbonyl (C=O) groups is 1. The Morgan fingerprint density at radius 1 is 1.75 bits per heavy atom. The molecule has 0 aliphatic carbocycles. The van der Waals surface area contributed by atoms with E-state index in [1.54, 1.807) is 6.92 Å². The summed E-state index contributed by atoms with van der Waals surface area (Å²) < 4.78 is 8.97. The maximum absolute atomic E-state index is 9.98. The molecule has 0 aliphatic rings. The Morgan fingerprint density at radius 2 is 2.25 bits per heavy atom. The Kier molecular flexibility index (Phi) is 3.64. The molecule has 0 N–H and O–H groups in total. The van der Waals surface area contributed by atoms with E-state index in [-0.39, 0.29) is 0 Å². The van der Waals surface area contributed by atoms with Gasteiger partial charge in [-0.2, -0.15) is 0 Å². The van der Waals surface area contributed by atoms with Crippen molar-refractivity contribution in [2.45, 2.75) is 13.2 Å². The van der Waals surface area contributed by atoms with Crippen LogP contribution in [-0.2, 0) is 9.47 Å². The van der Waals surface area contributed by atoms with Crippen LogP contribution in [0.2, 0.25) is 0 Å². The second kappa shape index (κ2) is 3.74. The summed E-state index contributed by atoms with van der Waals surface area (Å²) in [5, 5.41) is -0.626. The molecule has 0 amide bonds. The Bertz CT molecular complexity index is 83.4. The summed E-state index contributed by atoms with van der Waals surface area (Å²) in [5.41, 5.74) is 0. The van der Waals surface area contributed by atoms with E-state index in [0.29, 0.717) is 0 Å². The van der Waals surface area contributed by atoms with Gasteiger partial charge in [0.1, 0.15) is 0 Å². The zero-order valence-electron chi connectivity index (χ0n) is 4.75. The van der Waals surface area contributed by atoms with Crippen molar-refractivity contribution in [3.8, 4) is 0 Å². The molecule has 8 heavy (non-hydrogen) atoms. The highest BCUT2D eigenvalue weighted by molar-refractivity contribution is 7.96. The summed E-state index contributed by atoms with van der Waals surface area (Å²) in [6.07, 6.45) is -0.500. The number of ether oxygens (including phenoxy) is 2. The Labute approximate surface area is 53.4 Å². The molecule has 1 atom stereocenters. The summed E-state index contributed by atoms with van der Waals surface area (Å²) in [7, 11) is 1.45. The van der Waals surface area contributed by atoms with Gasteiger partial charge in [-0.1, -0.05) is 12.6 Å². The quantitative estimate of drug-likeness (QED) is 0.350. The highest BCUT2D eigenvalue weighted by Crippen LogP contribution is 1.94. The van der Waals surface area contributed by atoms with E-state index in [9.17, 15) is 4.79 Å². The molecule has 0 aromatic rings. The molecule has 0 bridgehead atoms. The van der Waals surface area contributed by atoms with E-state index >= 15 is 0 Å². The van der Waals surface area contributed by atoms with Crippen LogP contribution in [0.25, 0.3) is 0 Å². The van der Waals surface area contributed by atoms with Crippen molar-refractivity contribution in [3.05, 3.63) is 0 Å². The highest BCUT2D eigenvalue weighted by Gasteiger charge is 2.00. The van der Waals surface area contributed by atoms with Gasteiger partial charge < -0.3 is 9.47 Å². The summed E-state index contributed by atoms with van der Waals surface area (Å²) in [6.45, 7) is 1.61. The molecular formula is C4H8O3S. The van der Waals surface area contributed by atoms with Crippen LogP contribution in [0.3, 0.4) is 0 Å². The summed E-state index contributed by atoms with van der Waals surface area (Å²) >= 11 is 3.35. The molecule has 0 aliphatic heterocycles. The van der Waals surface area contributed by atoms with Gasteiger partial charge in [-0.15, -0.1) is 0 Å². The first kappa shape index (κ1) is 7.78. The second-order valence-electron chi connectivity index (χ2n) is 1.19. The van der Waals surface area contributed by atoms with E-state index in [4.69, 9.17) is 0 Å². The van der Waals surface area contributed by atoms with Gasteiger partial charge >= 0.3 is 5.30 Å². The molecule has 0 rings (SSSR count). The van der Waals surface area contributed by atoms with Gasteiger partial charge in [-0.05, 0) is 6.92 Å². The molecule has 1 unspecified atom stereocenters. The molecule has 0 saturated carbocycles. The molecule has 0 fully saturated rings. The minimum Gasteiger partial charge on any atom is -0.428 e. The van der Waals surface area contributed by atoms with E-state index < -0.39 is 11.6 Å². The predicted molar refractivity (Wildman–Crippen MR) is 31.9 cm³/mol. The van der Waals surface area contributed by atoms with Gasteiger partial charge in [0.15, 0.2) is 0 Å². The average Bonchev–Trinajstić information content (AvgIpc) is 1.65. The van der Waals surface area contributed by atoms with E-state index in [1.807, 2.05) is 0 Å². The van der Waals surface area contributed by atoms with Crippen LogP contribution < -0.4 is 0 Å². The standard InChI is InChI=1S/C4H8O3S/c1-3(6-2)7-4(5)8/h3H,1-2H3,(H,5,8). The lowest BCUT2D eigenvalue weighted by atomic mass is 10.8. The van der Waals surface area contributed by atoms with Crippen LogP contribution in [0.15, 0.2) is 0 Å². The summed E-state index contributed by atoms with van der Waals surface area (Å²) in [6, 6.07) is 0. The first-order valence-corrected chi connectivity index (χ1v) is 2.54. The summed E-state index contributed by atoms with van der Waals surface area (Å²) in [5.74, 6) is 0. The Morgan fingerprint density at radius 3 is 2.38 bits per heavy atom. The smallest absolute Gasteiger partial charge is 0.366 e. The Hall–Kier alpha value is -0.220. The molecule has 0 aromatic heterocycles. The predicted octanol–water partition coefficient (Wildman–Crippen LogP) is 1.05. The van der Waals surface area contributed by atoms with Crippen molar-refractivity contribution in [1.29, 1.82) is 0 Å². The third-order valence-corrected chi connectivity index (χ3v) is 0.704. The normalized spacial score (nSPS) is 12.9. The highest BCUT2D eigenvalue weighted by atomic mass is 32.1. The third-order valence-electron chi connectivity index (χ3n) is 0.599. The number of hydrogen-bond donors (Lipinski definition) is 1. The van der Waals surface area contributed by atoms with Crippen molar-refractivity contribution in [2.24, 2.45) is 0 Å². The van der Waals surface area contributed by atoms with Crippen molar-refractivity contribution in [1.82, 2.24) is 0 Å².